The van der Waals surface area contributed by atoms with E-state index < -0.39 is 0 Å². The molecule has 3 rings (SSSR count). The third kappa shape index (κ3) is 5.83. The molecule has 4 nitrogen and oxygen atoms in total. The van der Waals surface area contributed by atoms with Gasteiger partial charge in [0.2, 0.25) is 0 Å². The summed E-state index contributed by atoms with van der Waals surface area (Å²) in [6, 6.07) is 16.2. The van der Waals surface area contributed by atoms with E-state index in [0.717, 1.165) is 29.7 Å². The lowest BCUT2D eigenvalue weighted by atomic mass is 10.1. The van der Waals surface area contributed by atoms with Gasteiger partial charge in [-0.25, -0.2) is 0 Å². The lowest BCUT2D eigenvalue weighted by Crippen LogP contribution is -2.28. The Labute approximate surface area is 154 Å². The van der Waals surface area contributed by atoms with Crippen LogP contribution >= 0.6 is 0 Å². The van der Waals surface area contributed by atoms with Gasteiger partial charge in [0.15, 0.2) is 0 Å². The minimum absolute atomic E-state index is 0.00813. The normalized spacial score (nSPS) is 12.2. The van der Waals surface area contributed by atoms with Gasteiger partial charge in [0, 0.05) is 24.6 Å². The Morgan fingerprint density at radius 1 is 0.923 bits per heavy atom. The number of hydrogen-bond donors (Lipinski definition) is 1. The van der Waals surface area contributed by atoms with E-state index in [9.17, 15) is 0 Å². The minimum atomic E-state index is -0.00813. The largest absolute Gasteiger partial charge is 0.490 e. The number of ether oxygens (including phenoxy) is 1. The van der Waals surface area contributed by atoms with Crippen molar-refractivity contribution >= 4 is 12.2 Å². The molecule has 0 aliphatic heterocycles. The highest BCUT2D eigenvalue weighted by atomic mass is 16.5. The van der Waals surface area contributed by atoms with Crippen LogP contribution in [0.15, 0.2) is 73.3 Å². The van der Waals surface area contributed by atoms with E-state index in [1.807, 2.05) is 48.6 Å². The molecule has 0 radical (unpaired) electrons. The summed E-state index contributed by atoms with van der Waals surface area (Å²) in [4.78, 5) is 8.25. The van der Waals surface area contributed by atoms with Crippen molar-refractivity contribution in [2.75, 3.05) is 6.61 Å². The second-order valence-corrected chi connectivity index (χ2v) is 6.16. The molecule has 1 atom stereocenters. The van der Waals surface area contributed by atoms with E-state index in [-0.39, 0.29) is 6.04 Å². The number of nitrogens with zero attached hydrogens (tertiary/aromatic N) is 2. The molecule has 2 aromatic heterocycles. The standard InChI is InChI=1S/C22H23N3O/c23-21(9-8-18-4-2-1-3-5-18)17-26-22-14-20(15-25-16-22)7-6-19-10-12-24-13-11-19/h1-7,10-16,21H,8-9,17,23H2/b7-6+/t21-/m0/s1. The predicted octanol–water partition coefficient (Wildman–Crippen LogP) is 3.99. The summed E-state index contributed by atoms with van der Waals surface area (Å²) in [5.41, 5.74) is 9.55. The second kappa shape index (κ2) is 9.49. The number of hydrogen-bond acceptors (Lipinski definition) is 4. The Bertz CT molecular complexity index is 819. The molecule has 0 spiro atoms. The van der Waals surface area contributed by atoms with Gasteiger partial charge < -0.3 is 10.5 Å². The van der Waals surface area contributed by atoms with Crippen LogP contribution in [0.4, 0.5) is 0 Å². The molecule has 3 aromatic rings. The maximum absolute atomic E-state index is 6.18. The fourth-order valence-electron chi connectivity index (χ4n) is 2.56. The molecule has 0 saturated heterocycles. The highest BCUT2D eigenvalue weighted by Gasteiger charge is 2.05. The van der Waals surface area contributed by atoms with Gasteiger partial charge >= 0.3 is 0 Å². The molecular weight excluding hydrogens is 322 g/mol. The molecule has 0 fully saturated rings. The average Bonchev–Trinajstić information content (AvgIpc) is 2.71. The van der Waals surface area contributed by atoms with Crippen molar-refractivity contribution in [1.29, 1.82) is 0 Å². The van der Waals surface area contributed by atoms with Crippen molar-refractivity contribution in [2.45, 2.75) is 18.9 Å². The lowest BCUT2D eigenvalue weighted by molar-refractivity contribution is 0.281. The maximum atomic E-state index is 6.18. The smallest absolute Gasteiger partial charge is 0.138 e. The summed E-state index contributed by atoms with van der Waals surface area (Å²) in [5, 5.41) is 0. The molecule has 0 bridgehead atoms. The Kier molecular flexibility index (Phi) is 6.51. The minimum Gasteiger partial charge on any atom is -0.490 e. The topological polar surface area (TPSA) is 61.0 Å². The van der Waals surface area contributed by atoms with Gasteiger partial charge in [0.25, 0.3) is 0 Å². The molecule has 26 heavy (non-hydrogen) atoms. The number of benzene rings is 1. The Morgan fingerprint density at radius 3 is 2.50 bits per heavy atom. The first-order chi connectivity index (χ1) is 12.8. The van der Waals surface area contributed by atoms with Crippen LogP contribution in [0.25, 0.3) is 12.2 Å². The van der Waals surface area contributed by atoms with Crippen molar-refractivity contribution in [3.8, 4) is 5.75 Å². The third-order valence-electron chi connectivity index (χ3n) is 4.02. The SMILES string of the molecule is N[C@@H](CCc1ccccc1)COc1cncc(/C=C/c2ccncc2)c1. The molecule has 0 unspecified atom stereocenters. The molecular formula is C22H23N3O. The second-order valence-electron chi connectivity index (χ2n) is 6.16. The first kappa shape index (κ1) is 17.8. The summed E-state index contributed by atoms with van der Waals surface area (Å²) in [5.74, 6) is 0.733. The van der Waals surface area contributed by atoms with Crippen LogP contribution in [0.1, 0.15) is 23.1 Å². The Balaban J connectivity index is 1.49. The van der Waals surface area contributed by atoms with Crippen LogP contribution in [-0.2, 0) is 6.42 Å². The molecule has 132 valence electrons. The highest BCUT2D eigenvalue weighted by molar-refractivity contribution is 5.69. The zero-order valence-electron chi connectivity index (χ0n) is 14.7. The summed E-state index contributed by atoms with van der Waals surface area (Å²) in [6.45, 7) is 0.478. The summed E-state index contributed by atoms with van der Waals surface area (Å²) in [6.07, 6.45) is 12.9. The fourth-order valence-corrected chi connectivity index (χ4v) is 2.56. The van der Waals surface area contributed by atoms with Crippen LogP contribution in [0.3, 0.4) is 0 Å². The van der Waals surface area contributed by atoms with Gasteiger partial charge in [0.1, 0.15) is 12.4 Å². The lowest BCUT2D eigenvalue weighted by Gasteiger charge is -2.13. The molecule has 0 aliphatic carbocycles. The molecule has 2 N–H and O–H groups in total. The first-order valence-electron chi connectivity index (χ1n) is 8.75. The van der Waals surface area contributed by atoms with Gasteiger partial charge in [-0.15, -0.1) is 0 Å². The molecule has 2 heterocycles. The monoisotopic (exact) mass is 345 g/mol. The van der Waals surface area contributed by atoms with Crippen LogP contribution in [-0.4, -0.2) is 22.6 Å². The number of pyridine rings is 2. The number of aromatic nitrogens is 2. The summed E-state index contributed by atoms with van der Waals surface area (Å²) < 4.78 is 5.82. The van der Waals surface area contributed by atoms with Crippen LogP contribution in [0.5, 0.6) is 5.75 Å². The highest BCUT2D eigenvalue weighted by Crippen LogP contribution is 2.14. The van der Waals surface area contributed by atoms with E-state index in [1.165, 1.54) is 5.56 Å². The van der Waals surface area contributed by atoms with Gasteiger partial charge in [-0.2, -0.15) is 0 Å². The maximum Gasteiger partial charge on any atom is 0.138 e. The summed E-state index contributed by atoms with van der Waals surface area (Å²) >= 11 is 0. The fraction of sp³-hybridized carbons (Fsp3) is 0.182. The van der Waals surface area contributed by atoms with Gasteiger partial charge in [-0.1, -0.05) is 42.5 Å². The molecule has 0 aliphatic rings. The molecule has 1 aromatic carbocycles. The van der Waals surface area contributed by atoms with Crippen molar-refractivity contribution in [3.63, 3.8) is 0 Å². The van der Waals surface area contributed by atoms with E-state index in [4.69, 9.17) is 10.5 Å². The zero-order chi connectivity index (χ0) is 18.0. The van der Waals surface area contributed by atoms with Gasteiger partial charge in [-0.05, 0) is 47.7 Å². The third-order valence-corrected chi connectivity index (χ3v) is 4.02. The first-order valence-corrected chi connectivity index (χ1v) is 8.75. The van der Waals surface area contributed by atoms with E-state index in [2.05, 4.69) is 22.1 Å². The van der Waals surface area contributed by atoms with Crippen LogP contribution in [0, 0.1) is 0 Å². The Hall–Kier alpha value is -2.98. The van der Waals surface area contributed by atoms with Crippen LogP contribution in [0.2, 0.25) is 0 Å². The number of rotatable bonds is 8. The van der Waals surface area contributed by atoms with Gasteiger partial charge in [-0.3, -0.25) is 9.97 Å². The predicted molar refractivity (Wildman–Crippen MR) is 106 cm³/mol. The molecule has 0 amide bonds. The van der Waals surface area contributed by atoms with E-state index >= 15 is 0 Å². The Morgan fingerprint density at radius 2 is 1.69 bits per heavy atom. The summed E-state index contributed by atoms with van der Waals surface area (Å²) in [7, 11) is 0. The number of nitrogens with two attached hydrogens (primary N) is 1. The van der Waals surface area contributed by atoms with E-state index in [1.54, 1.807) is 24.8 Å². The number of aryl methyl sites for hydroxylation is 1. The van der Waals surface area contributed by atoms with Crippen molar-refractivity contribution in [1.82, 2.24) is 9.97 Å². The van der Waals surface area contributed by atoms with Crippen molar-refractivity contribution in [2.24, 2.45) is 5.73 Å². The van der Waals surface area contributed by atoms with Gasteiger partial charge in [0.05, 0.1) is 6.20 Å². The van der Waals surface area contributed by atoms with Crippen LogP contribution < -0.4 is 10.5 Å². The van der Waals surface area contributed by atoms with E-state index in [0.29, 0.717) is 6.61 Å². The quantitative estimate of drug-likeness (QED) is 0.671. The van der Waals surface area contributed by atoms with Crippen molar-refractivity contribution in [3.05, 3.63) is 90.0 Å². The molecule has 0 saturated carbocycles. The zero-order valence-corrected chi connectivity index (χ0v) is 14.7. The van der Waals surface area contributed by atoms with Crippen molar-refractivity contribution < 1.29 is 4.74 Å². The molecule has 4 heteroatoms. The average molecular weight is 345 g/mol.